The molecule has 0 spiro atoms. The fourth-order valence-electron chi connectivity index (χ4n) is 1.78. The van der Waals surface area contributed by atoms with Crippen molar-refractivity contribution >= 4 is 45.8 Å². The van der Waals surface area contributed by atoms with Crippen LogP contribution < -0.4 is 0 Å². The van der Waals surface area contributed by atoms with Gasteiger partial charge in [-0.1, -0.05) is 35.0 Å². The lowest BCUT2D eigenvalue weighted by Gasteiger charge is -2.13. The highest BCUT2D eigenvalue weighted by atomic mass is 35.5. The first-order valence-corrected chi connectivity index (χ1v) is 6.88. The highest BCUT2D eigenvalue weighted by Crippen LogP contribution is 2.37. The van der Waals surface area contributed by atoms with Gasteiger partial charge in [-0.05, 0) is 32.0 Å². The van der Waals surface area contributed by atoms with E-state index in [2.05, 4.69) is 23.7 Å². The van der Waals surface area contributed by atoms with E-state index in [4.69, 9.17) is 23.2 Å². The number of thioether (sulfide) groups is 1. The van der Waals surface area contributed by atoms with Gasteiger partial charge in [-0.15, -0.1) is 0 Å². The largest absolute Gasteiger partial charge is 0.353 e. The number of amidine groups is 1. The minimum atomic E-state index is 0.201. The molecule has 0 amide bonds. The summed E-state index contributed by atoms with van der Waals surface area (Å²) in [5.41, 5.74) is 0.767. The molecule has 1 aromatic carbocycles. The van der Waals surface area contributed by atoms with Crippen LogP contribution in [0.5, 0.6) is 0 Å². The van der Waals surface area contributed by atoms with E-state index < -0.39 is 0 Å². The Morgan fingerprint density at radius 1 is 1.35 bits per heavy atom. The lowest BCUT2D eigenvalue weighted by molar-refractivity contribution is 0.477. The Labute approximate surface area is 116 Å². The predicted molar refractivity (Wildman–Crippen MR) is 77.9 cm³/mol. The van der Waals surface area contributed by atoms with Gasteiger partial charge in [0.25, 0.3) is 0 Å². The van der Waals surface area contributed by atoms with E-state index in [1.165, 1.54) is 0 Å². The van der Waals surface area contributed by atoms with E-state index in [1.54, 1.807) is 23.9 Å². The zero-order valence-corrected chi connectivity index (χ0v) is 12.3. The van der Waals surface area contributed by atoms with Crippen molar-refractivity contribution in [3.63, 3.8) is 0 Å². The van der Waals surface area contributed by atoms with Crippen LogP contribution in [0.15, 0.2) is 23.2 Å². The highest BCUT2D eigenvalue weighted by Gasteiger charge is 2.33. The number of aliphatic imine (C=N–C) groups is 1. The molecule has 2 rings (SSSR count). The molecule has 0 aromatic heterocycles. The van der Waals surface area contributed by atoms with Crippen LogP contribution in [-0.4, -0.2) is 28.4 Å². The van der Waals surface area contributed by atoms with Gasteiger partial charge in [-0.2, -0.15) is 0 Å². The molecule has 17 heavy (non-hydrogen) atoms. The third-order valence-corrected chi connectivity index (χ3v) is 4.24. The SMILES string of the molecule is CN1CC(C)(C)SC1=Nc1ccc(Cl)cc1Cl. The molecule has 0 unspecified atom stereocenters. The quantitative estimate of drug-likeness (QED) is 0.759. The van der Waals surface area contributed by atoms with Crippen LogP contribution in [0.3, 0.4) is 0 Å². The van der Waals surface area contributed by atoms with Gasteiger partial charge in [0, 0.05) is 23.4 Å². The fraction of sp³-hybridized carbons (Fsp3) is 0.417. The van der Waals surface area contributed by atoms with Crippen LogP contribution in [-0.2, 0) is 0 Å². The maximum Gasteiger partial charge on any atom is 0.164 e. The number of benzene rings is 1. The Morgan fingerprint density at radius 3 is 2.59 bits per heavy atom. The van der Waals surface area contributed by atoms with E-state index >= 15 is 0 Å². The second-order valence-corrected chi connectivity index (χ2v) is 7.23. The number of nitrogens with zero attached hydrogens (tertiary/aromatic N) is 2. The molecule has 2 nitrogen and oxygen atoms in total. The highest BCUT2D eigenvalue weighted by molar-refractivity contribution is 8.15. The van der Waals surface area contributed by atoms with Gasteiger partial charge >= 0.3 is 0 Å². The molecule has 0 N–H and O–H groups in total. The Morgan fingerprint density at radius 2 is 2.06 bits per heavy atom. The molecule has 92 valence electrons. The summed E-state index contributed by atoms with van der Waals surface area (Å²) < 4.78 is 0.201. The average Bonchev–Trinajstić information content (AvgIpc) is 2.44. The minimum absolute atomic E-state index is 0.201. The average molecular weight is 289 g/mol. The van der Waals surface area contributed by atoms with E-state index in [9.17, 15) is 0 Å². The summed E-state index contributed by atoms with van der Waals surface area (Å²) in [4.78, 5) is 6.74. The van der Waals surface area contributed by atoms with E-state index in [0.717, 1.165) is 17.4 Å². The zero-order valence-electron chi connectivity index (χ0n) is 10.00. The van der Waals surface area contributed by atoms with Crippen LogP contribution in [0, 0.1) is 0 Å². The molecule has 0 radical (unpaired) electrons. The number of hydrogen-bond donors (Lipinski definition) is 0. The monoisotopic (exact) mass is 288 g/mol. The summed E-state index contributed by atoms with van der Waals surface area (Å²) in [6, 6.07) is 5.36. The molecular weight excluding hydrogens is 275 g/mol. The zero-order chi connectivity index (χ0) is 12.6. The van der Waals surface area contributed by atoms with Crippen molar-refractivity contribution in [2.24, 2.45) is 4.99 Å². The summed E-state index contributed by atoms with van der Waals surface area (Å²) in [6.07, 6.45) is 0. The minimum Gasteiger partial charge on any atom is -0.353 e. The Hall–Kier alpha value is -0.380. The molecule has 1 fully saturated rings. The van der Waals surface area contributed by atoms with E-state index in [0.29, 0.717) is 10.0 Å². The van der Waals surface area contributed by atoms with Crippen LogP contribution in [0.4, 0.5) is 5.69 Å². The summed E-state index contributed by atoms with van der Waals surface area (Å²) in [6.45, 7) is 5.40. The van der Waals surface area contributed by atoms with E-state index in [-0.39, 0.29) is 4.75 Å². The number of rotatable bonds is 1. The lowest BCUT2D eigenvalue weighted by atomic mass is 10.2. The van der Waals surface area contributed by atoms with Crippen LogP contribution >= 0.6 is 35.0 Å². The maximum absolute atomic E-state index is 6.11. The van der Waals surface area contributed by atoms with Crippen LogP contribution in [0.25, 0.3) is 0 Å². The van der Waals surface area contributed by atoms with Crippen LogP contribution in [0.1, 0.15) is 13.8 Å². The standard InChI is InChI=1S/C12H14Cl2N2S/c1-12(2)7-16(3)11(17-12)15-10-5-4-8(13)6-9(10)14/h4-6H,7H2,1-3H3. The van der Waals surface area contributed by atoms with Crippen molar-refractivity contribution in [2.45, 2.75) is 18.6 Å². The molecule has 0 saturated carbocycles. The fourth-order valence-corrected chi connectivity index (χ4v) is 3.35. The smallest absolute Gasteiger partial charge is 0.164 e. The van der Waals surface area contributed by atoms with Crippen LogP contribution in [0.2, 0.25) is 10.0 Å². The summed E-state index contributed by atoms with van der Waals surface area (Å²) >= 11 is 13.7. The third kappa shape index (κ3) is 3.09. The second kappa shape index (κ2) is 4.71. The summed E-state index contributed by atoms with van der Waals surface area (Å²) in [5.74, 6) is 0. The maximum atomic E-state index is 6.11. The Balaban J connectivity index is 2.31. The normalized spacial score (nSPS) is 21.2. The van der Waals surface area contributed by atoms with Crippen molar-refractivity contribution in [3.05, 3.63) is 28.2 Å². The molecule has 5 heteroatoms. The van der Waals surface area contributed by atoms with Gasteiger partial charge in [0.05, 0.1) is 10.7 Å². The van der Waals surface area contributed by atoms with Gasteiger partial charge in [0.1, 0.15) is 0 Å². The first kappa shape index (κ1) is 13.1. The molecular formula is C12H14Cl2N2S. The molecule has 1 aromatic rings. The van der Waals surface area contributed by atoms with Gasteiger partial charge in [-0.25, -0.2) is 4.99 Å². The third-order valence-electron chi connectivity index (χ3n) is 2.44. The molecule has 0 aliphatic carbocycles. The van der Waals surface area contributed by atoms with Crippen molar-refractivity contribution in [1.82, 2.24) is 4.90 Å². The summed E-state index contributed by atoms with van der Waals surface area (Å²) in [7, 11) is 2.05. The molecule has 1 aliphatic rings. The topological polar surface area (TPSA) is 15.6 Å². The number of halogens is 2. The van der Waals surface area contributed by atoms with Crippen molar-refractivity contribution in [2.75, 3.05) is 13.6 Å². The molecule has 0 atom stereocenters. The molecule has 1 heterocycles. The second-order valence-electron chi connectivity index (χ2n) is 4.71. The van der Waals surface area contributed by atoms with Gasteiger partial charge in [0.2, 0.25) is 0 Å². The van der Waals surface area contributed by atoms with Crippen molar-refractivity contribution in [3.8, 4) is 0 Å². The predicted octanol–water partition coefficient (Wildman–Crippen LogP) is 4.44. The van der Waals surface area contributed by atoms with Crippen molar-refractivity contribution in [1.29, 1.82) is 0 Å². The Bertz CT molecular complexity index is 472. The first-order chi connectivity index (χ1) is 7.87. The van der Waals surface area contributed by atoms with E-state index in [1.807, 2.05) is 13.1 Å². The van der Waals surface area contributed by atoms with Gasteiger partial charge in [0.15, 0.2) is 5.17 Å². The molecule has 1 saturated heterocycles. The lowest BCUT2D eigenvalue weighted by Crippen LogP contribution is -2.24. The Kier molecular flexibility index (Phi) is 3.62. The molecule has 0 bridgehead atoms. The van der Waals surface area contributed by atoms with Gasteiger partial charge in [-0.3, -0.25) is 0 Å². The molecule has 1 aliphatic heterocycles. The summed E-state index contributed by atoms with van der Waals surface area (Å²) in [5, 5.41) is 2.22. The number of hydrogen-bond acceptors (Lipinski definition) is 2. The van der Waals surface area contributed by atoms with Gasteiger partial charge < -0.3 is 4.90 Å². The first-order valence-electron chi connectivity index (χ1n) is 5.31. The van der Waals surface area contributed by atoms with Crippen molar-refractivity contribution < 1.29 is 0 Å².